The van der Waals surface area contributed by atoms with Crippen LogP contribution in [0.25, 0.3) is 0 Å². The van der Waals surface area contributed by atoms with E-state index in [0.717, 1.165) is 48.5 Å². The number of carbonyl (C=O) groups excluding carboxylic acids is 5. The molecule has 8 rings (SSSR count). The number of hydrogen-bond donors (Lipinski definition) is 0. The van der Waals surface area contributed by atoms with E-state index in [0.29, 0.717) is 23.7 Å². The molecule has 0 amide bonds. The SMILES string of the molecule is CC(=O)CCC(=O)O[C@H]1[C@H](O[C@H]2CC[C@@]3(C)C(=CC[C@H]4[C@@H]5CC[C@H]([C@H](C)CCCC(C)C)[C@@]5(C)CC[C@@H]43)C2)O[C@@H]2CO[C@@H](c3ccccc3)O[C@H]2[C@@H]1O[C@@H]1OC[C@@H](OC(C)=O)[C@H](OC(C)=O)[C@H]1OC(C)=O. The lowest BCUT2D eigenvalue weighted by Crippen LogP contribution is -2.67. The Kier molecular flexibility index (Phi) is 17.2. The average Bonchev–Trinajstić information content (AvgIpc) is 3.68. The molecule has 3 aliphatic heterocycles. The fourth-order valence-electron chi connectivity index (χ4n) is 14.1. The number of Topliss-reactive ketones (excluding diaryl/α,β-unsaturated/α-hetero) is 1. The summed E-state index contributed by atoms with van der Waals surface area (Å²) >= 11 is 0. The number of allylic oxidation sites excluding steroid dienone is 1. The number of ketones is 1. The van der Waals surface area contributed by atoms with Crippen molar-refractivity contribution in [2.45, 2.75) is 213 Å². The molecule has 7 aliphatic rings. The van der Waals surface area contributed by atoms with Crippen LogP contribution in [-0.2, 0) is 71.3 Å². The number of carbonyl (C=O) groups is 5. The van der Waals surface area contributed by atoms with Crippen LogP contribution in [-0.4, -0.2) is 104 Å². The van der Waals surface area contributed by atoms with Gasteiger partial charge in [0.15, 0.2) is 43.3 Å². The van der Waals surface area contributed by atoms with Crippen molar-refractivity contribution in [2.24, 2.45) is 46.3 Å². The number of esters is 4. The van der Waals surface area contributed by atoms with Crippen LogP contribution in [0.1, 0.15) is 158 Å². The summed E-state index contributed by atoms with van der Waals surface area (Å²) in [6, 6.07) is 9.33. The van der Waals surface area contributed by atoms with Crippen molar-refractivity contribution >= 4 is 29.7 Å². The summed E-state index contributed by atoms with van der Waals surface area (Å²) in [5.41, 5.74) is 2.56. The monoisotopic (exact) mass is 993 g/mol. The third kappa shape index (κ3) is 12.0. The van der Waals surface area contributed by atoms with Crippen molar-refractivity contribution in [1.82, 2.24) is 0 Å². The lowest BCUT2D eigenvalue weighted by Gasteiger charge is -2.58. The third-order valence-electron chi connectivity index (χ3n) is 17.5. The lowest BCUT2D eigenvalue weighted by molar-refractivity contribution is -0.391. The van der Waals surface area contributed by atoms with Gasteiger partial charge >= 0.3 is 23.9 Å². The molecule has 1 aromatic carbocycles. The molecule has 1 aromatic rings. The predicted octanol–water partition coefficient (Wildman–Crippen LogP) is 9.07. The van der Waals surface area contributed by atoms with Crippen molar-refractivity contribution in [3.8, 4) is 0 Å². The van der Waals surface area contributed by atoms with Crippen molar-refractivity contribution in [3.63, 3.8) is 0 Å². The molecule has 0 aromatic heterocycles. The zero-order valence-electron chi connectivity index (χ0n) is 43.5. The van der Waals surface area contributed by atoms with Gasteiger partial charge in [-0.15, -0.1) is 0 Å². The first-order valence-electron chi connectivity index (χ1n) is 26.6. The Morgan fingerprint density at radius 3 is 2.13 bits per heavy atom. The first-order valence-corrected chi connectivity index (χ1v) is 26.6. The van der Waals surface area contributed by atoms with E-state index in [2.05, 4.69) is 40.7 Å². The summed E-state index contributed by atoms with van der Waals surface area (Å²) in [4.78, 5) is 63.4. The van der Waals surface area contributed by atoms with Crippen LogP contribution in [0.2, 0.25) is 0 Å². The van der Waals surface area contributed by atoms with Gasteiger partial charge in [0.05, 0.1) is 25.7 Å². The molecule has 15 nitrogen and oxygen atoms in total. The van der Waals surface area contributed by atoms with Crippen LogP contribution < -0.4 is 0 Å². The highest BCUT2D eigenvalue weighted by Crippen LogP contribution is 2.67. The van der Waals surface area contributed by atoms with Gasteiger partial charge < -0.3 is 52.2 Å². The van der Waals surface area contributed by atoms with Crippen LogP contribution in [0, 0.1) is 46.3 Å². The van der Waals surface area contributed by atoms with E-state index < -0.39 is 85.5 Å². The first kappa shape index (κ1) is 53.6. The molecule has 3 saturated heterocycles. The Labute approximate surface area is 420 Å². The maximum Gasteiger partial charge on any atom is 0.306 e. The molecule has 0 unspecified atom stereocenters. The molecule has 0 spiro atoms. The summed E-state index contributed by atoms with van der Waals surface area (Å²) in [7, 11) is 0. The second-order valence-corrected chi connectivity index (χ2v) is 22.8. The minimum Gasteiger partial charge on any atom is -0.456 e. The van der Waals surface area contributed by atoms with Gasteiger partial charge in [-0.25, -0.2) is 0 Å². The minimum absolute atomic E-state index is 0.0395. The van der Waals surface area contributed by atoms with Gasteiger partial charge in [-0.3, -0.25) is 19.2 Å². The lowest BCUT2D eigenvalue weighted by atomic mass is 9.47. The molecule has 3 saturated carbocycles. The second-order valence-electron chi connectivity index (χ2n) is 22.8. The van der Waals surface area contributed by atoms with E-state index in [9.17, 15) is 24.0 Å². The molecule has 3 heterocycles. The fourth-order valence-corrected chi connectivity index (χ4v) is 14.1. The van der Waals surface area contributed by atoms with Crippen LogP contribution in [0.4, 0.5) is 0 Å². The highest BCUT2D eigenvalue weighted by atomic mass is 16.8. The van der Waals surface area contributed by atoms with E-state index in [1.165, 1.54) is 78.2 Å². The largest absolute Gasteiger partial charge is 0.456 e. The third-order valence-corrected chi connectivity index (χ3v) is 17.5. The van der Waals surface area contributed by atoms with Gasteiger partial charge in [0.25, 0.3) is 0 Å². The van der Waals surface area contributed by atoms with E-state index in [-0.39, 0.29) is 43.4 Å². The summed E-state index contributed by atoms with van der Waals surface area (Å²) in [6.07, 6.45) is 2.76. The predicted molar refractivity (Wildman–Crippen MR) is 258 cm³/mol. The van der Waals surface area contributed by atoms with Gasteiger partial charge in [0.1, 0.15) is 24.1 Å². The molecule has 71 heavy (non-hydrogen) atoms. The molecule has 0 N–H and O–H groups in total. The van der Waals surface area contributed by atoms with Crippen LogP contribution in [0.15, 0.2) is 42.0 Å². The molecule has 18 atom stereocenters. The summed E-state index contributed by atoms with van der Waals surface area (Å²) in [5, 5.41) is 0. The Hall–Kier alpha value is -3.73. The smallest absolute Gasteiger partial charge is 0.306 e. The highest BCUT2D eigenvalue weighted by molar-refractivity contribution is 5.81. The first-order chi connectivity index (χ1) is 33.8. The van der Waals surface area contributed by atoms with Gasteiger partial charge in [0, 0.05) is 32.8 Å². The zero-order valence-corrected chi connectivity index (χ0v) is 43.5. The van der Waals surface area contributed by atoms with Crippen LogP contribution in [0.3, 0.4) is 0 Å². The van der Waals surface area contributed by atoms with Crippen LogP contribution in [0.5, 0.6) is 0 Å². The molecule has 0 bridgehead atoms. The summed E-state index contributed by atoms with van der Waals surface area (Å²) in [5.74, 6) is 1.26. The number of rotatable bonds is 17. The van der Waals surface area contributed by atoms with Gasteiger partial charge in [0.2, 0.25) is 0 Å². The molecule has 15 heteroatoms. The van der Waals surface area contributed by atoms with Gasteiger partial charge in [-0.1, -0.05) is 95.9 Å². The molecule has 6 fully saturated rings. The Morgan fingerprint density at radius 1 is 0.704 bits per heavy atom. The topological polar surface area (TPSA) is 178 Å². The average molecular weight is 993 g/mol. The van der Waals surface area contributed by atoms with E-state index in [1.807, 2.05) is 30.3 Å². The number of fused-ring (bicyclic) bond motifs is 6. The Balaban J connectivity index is 1.06. The summed E-state index contributed by atoms with van der Waals surface area (Å²) in [6.45, 7) is 17.0. The quantitative estimate of drug-likeness (QED) is 0.0820. The minimum atomic E-state index is -1.46. The number of hydrogen-bond acceptors (Lipinski definition) is 15. The Bertz CT molecular complexity index is 2070. The second kappa shape index (κ2) is 22.8. The van der Waals surface area contributed by atoms with Crippen molar-refractivity contribution in [2.75, 3.05) is 13.2 Å². The number of ether oxygens (including phenoxy) is 10. The molecule has 0 radical (unpaired) electrons. The highest BCUT2D eigenvalue weighted by Gasteiger charge is 2.61. The normalized spacial score (nSPS) is 39.1. The van der Waals surface area contributed by atoms with Gasteiger partial charge in [-0.05, 0) is 105 Å². The number of benzene rings is 1. The molecular weight excluding hydrogens is 913 g/mol. The van der Waals surface area contributed by atoms with E-state index in [1.54, 1.807) is 0 Å². The van der Waals surface area contributed by atoms with Crippen molar-refractivity contribution in [3.05, 3.63) is 47.5 Å². The standard InChI is InChI=1S/C56H80O15/c1-31(2)14-13-15-32(3)41-21-22-42-40-20-19-38-28-39(24-26-55(38,8)43(40)25-27-56(41,42)9)67-54-51(69-46(61)23-18-33(4)57)49(47-45(68-54)30-62-52(70-47)37-16-11-10-12-17-37)71-53-50(66-36(7)60)48(65-35(6)59)44(29-63-53)64-34(5)58/h10-12,16-17,19,31-32,39-45,47-54H,13-15,18,20-30H2,1-9H3/t32-,39+,40+,41-,42+,43+,44-,45-,47-,48+,49+,50-,51-,52-,53+,54-,55+,56-/m1/s1. The Morgan fingerprint density at radius 2 is 1.42 bits per heavy atom. The molecule has 394 valence electrons. The molecular formula is C56H80O15. The van der Waals surface area contributed by atoms with E-state index in [4.69, 9.17) is 47.4 Å². The van der Waals surface area contributed by atoms with Crippen molar-refractivity contribution < 1.29 is 71.3 Å². The summed E-state index contributed by atoms with van der Waals surface area (Å²) < 4.78 is 63.0. The van der Waals surface area contributed by atoms with E-state index >= 15 is 0 Å². The zero-order chi connectivity index (χ0) is 50.8. The van der Waals surface area contributed by atoms with Gasteiger partial charge in [-0.2, -0.15) is 0 Å². The van der Waals surface area contributed by atoms with Crippen molar-refractivity contribution in [1.29, 1.82) is 0 Å². The fraction of sp³-hybridized carbons (Fsp3) is 0.768. The maximum absolute atomic E-state index is 13.8. The maximum atomic E-state index is 13.8. The molecule has 4 aliphatic carbocycles. The van der Waals surface area contributed by atoms with Crippen LogP contribution >= 0.6 is 0 Å².